The topological polar surface area (TPSA) is 15.8 Å². The molecule has 0 saturated carbocycles. The Hall–Kier alpha value is -0.890. The zero-order valence-corrected chi connectivity index (χ0v) is 9.61. The quantitative estimate of drug-likeness (QED) is 0.733. The van der Waals surface area contributed by atoms with E-state index in [-0.39, 0.29) is 0 Å². The van der Waals surface area contributed by atoms with E-state index in [1.807, 2.05) is 11.8 Å². The van der Waals surface area contributed by atoms with Crippen molar-refractivity contribution in [2.75, 3.05) is 0 Å². The van der Waals surface area contributed by atoms with E-state index >= 15 is 0 Å². The largest absolute Gasteiger partial charge is 0.359 e. The number of H-pyrrole nitrogens is 1. The van der Waals surface area contributed by atoms with Gasteiger partial charge >= 0.3 is 0 Å². The highest BCUT2D eigenvalue weighted by Crippen LogP contribution is 2.26. The zero-order chi connectivity index (χ0) is 10.1. The molecule has 2 rings (SSSR count). The summed E-state index contributed by atoms with van der Waals surface area (Å²) in [5.41, 5.74) is 2.46. The number of thioether (sulfide) groups is 1. The normalized spacial score (nSPS) is 11.4. The number of hydrogen-bond donors (Lipinski definition) is 1. The highest BCUT2D eigenvalue weighted by molar-refractivity contribution is 7.99. The lowest BCUT2D eigenvalue weighted by Gasteiger charge is -2.03. The minimum absolute atomic E-state index is 0.646. The molecule has 0 amide bonds. The lowest BCUT2D eigenvalue weighted by Crippen LogP contribution is -1.84. The lowest BCUT2D eigenvalue weighted by molar-refractivity contribution is 1.11. The van der Waals surface area contributed by atoms with E-state index in [2.05, 4.69) is 50.0 Å². The molecular weight excluding hydrogens is 190 g/mol. The first kappa shape index (κ1) is 9.66. The summed E-state index contributed by atoms with van der Waals surface area (Å²) in [6.45, 7) is 6.53. The summed E-state index contributed by atoms with van der Waals surface area (Å²) in [5, 5.41) is 1.96. The molecule has 0 saturated heterocycles. The first-order valence-electron chi connectivity index (χ1n) is 4.91. The minimum Gasteiger partial charge on any atom is -0.359 e. The number of aromatic nitrogens is 1. The van der Waals surface area contributed by atoms with Crippen LogP contribution >= 0.6 is 11.8 Å². The van der Waals surface area contributed by atoms with Gasteiger partial charge in [-0.3, -0.25) is 0 Å². The molecule has 0 aliphatic heterocycles. The fraction of sp³-hybridized carbons (Fsp3) is 0.333. The molecule has 0 aliphatic carbocycles. The van der Waals surface area contributed by atoms with Gasteiger partial charge in [-0.1, -0.05) is 13.8 Å². The molecule has 2 heteroatoms. The van der Waals surface area contributed by atoms with Crippen LogP contribution in [0.2, 0.25) is 0 Å². The zero-order valence-electron chi connectivity index (χ0n) is 8.79. The Balaban J connectivity index is 2.40. The molecular formula is C12H15NS. The fourth-order valence-corrected chi connectivity index (χ4v) is 2.49. The molecule has 0 aliphatic rings. The van der Waals surface area contributed by atoms with Crippen LogP contribution < -0.4 is 0 Å². The number of benzene rings is 1. The van der Waals surface area contributed by atoms with E-state index in [0.717, 1.165) is 0 Å². The van der Waals surface area contributed by atoms with E-state index in [1.165, 1.54) is 21.5 Å². The second-order valence-electron chi connectivity index (χ2n) is 3.87. The number of hydrogen-bond acceptors (Lipinski definition) is 1. The molecule has 74 valence electrons. The second kappa shape index (κ2) is 3.70. The first-order valence-corrected chi connectivity index (χ1v) is 5.79. The van der Waals surface area contributed by atoms with Crippen LogP contribution in [0.25, 0.3) is 10.9 Å². The van der Waals surface area contributed by atoms with Gasteiger partial charge in [0.15, 0.2) is 0 Å². The van der Waals surface area contributed by atoms with Crippen molar-refractivity contribution in [3.63, 3.8) is 0 Å². The predicted molar refractivity (Wildman–Crippen MR) is 64.0 cm³/mol. The van der Waals surface area contributed by atoms with Gasteiger partial charge in [0.05, 0.1) is 0 Å². The van der Waals surface area contributed by atoms with E-state index in [4.69, 9.17) is 0 Å². The Morgan fingerprint density at radius 1 is 1.21 bits per heavy atom. The van der Waals surface area contributed by atoms with Crippen molar-refractivity contribution in [2.45, 2.75) is 30.9 Å². The summed E-state index contributed by atoms with van der Waals surface area (Å²) in [5.74, 6) is 0. The summed E-state index contributed by atoms with van der Waals surface area (Å²) in [6, 6.07) is 8.79. The van der Waals surface area contributed by atoms with Crippen LogP contribution in [0.15, 0.2) is 29.2 Å². The Morgan fingerprint density at radius 3 is 2.71 bits per heavy atom. The summed E-state index contributed by atoms with van der Waals surface area (Å²) >= 11 is 1.91. The van der Waals surface area contributed by atoms with Crippen molar-refractivity contribution in [2.24, 2.45) is 0 Å². The maximum absolute atomic E-state index is 3.33. The molecule has 1 aromatic heterocycles. The maximum atomic E-state index is 3.33. The maximum Gasteiger partial charge on any atom is 0.0456 e. The molecule has 1 N–H and O–H groups in total. The molecule has 0 unspecified atom stereocenters. The van der Waals surface area contributed by atoms with Crippen molar-refractivity contribution < 1.29 is 0 Å². The van der Waals surface area contributed by atoms with Crippen molar-refractivity contribution in [3.05, 3.63) is 30.0 Å². The second-order valence-corrected chi connectivity index (χ2v) is 5.52. The molecule has 1 aromatic carbocycles. The van der Waals surface area contributed by atoms with Crippen LogP contribution in [-0.2, 0) is 0 Å². The highest BCUT2D eigenvalue weighted by Gasteiger charge is 2.01. The molecule has 14 heavy (non-hydrogen) atoms. The molecule has 1 heterocycles. The summed E-state index contributed by atoms with van der Waals surface area (Å²) in [7, 11) is 0. The standard InChI is InChI=1S/C12H15NS/c1-8(2)14-11-4-5-12-10(7-11)6-9(3)13-12/h4-8,13H,1-3H3. The third-order valence-corrected chi connectivity index (χ3v) is 3.10. The number of aromatic amines is 1. The van der Waals surface area contributed by atoms with Crippen molar-refractivity contribution in [3.8, 4) is 0 Å². The Bertz CT molecular complexity index is 443. The van der Waals surface area contributed by atoms with Crippen LogP contribution in [0.4, 0.5) is 0 Å². The number of rotatable bonds is 2. The van der Waals surface area contributed by atoms with Gasteiger partial charge in [0.25, 0.3) is 0 Å². The van der Waals surface area contributed by atoms with Crippen LogP contribution in [-0.4, -0.2) is 10.2 Å². The van der Waals surface area contributed by atoms with Crippen molar-refractivity contribution in [1.29, 1.82) is 0 Å². The van der Waals surface area contributed by atoms with Gasteiger partial charge < -0.3 is 4.98 Å². The minimum atomic E-state index is 0.646. The van der Waals surface area contributed by atoms with Crippen molar-refractivity contribution >= 4 is 22.7 Å². The Kier molecular flexibility index (Phi) is 2.55. The first-order chi connectivity index (χ1) is 6.65. The third kappa shape index (κ3) is 1.95. The van der Waals surface area contributed by atoms with Gasteiger partial charge in [-0.15, -0.1) is 11.8 Å². The molecule has 1 nitrogen and oxygen atoms in total. The predicted octanol–water partition coefficient (Wildman–Crippen LogP) is 3.98. The van der Waals surface area contributed by atoms with Gasteiger partial charge in [0.2, 0.25) is 0 Å². The van der Waals surface area contributed by atoms with Gasteiger partial charge in [-0.2, -0.15) is 0 Å². The smallest absolute Gasteiger partial charge is 0.0456 e. The average Bonchev–Trinajstić information content (AvgIpc) is 2.42. The molecule has 2 aromatic rings. The third-order valence-electron chi connectivity index (χ3n) is 2.10. The Labute approximate surface area is 88.9 Å². The van der Waals surface area contributed by atoms with Crippen LogP contribution in [0.3, 0.4) is 0 Å². The van der Waals surface area contributed by atoms with Crippen molar-refractivity contribution in [1.82, 2.24) is 4.98 Å². The molecule has 0 spiro atoms. The van der Waals surface area contributed by atoms with Gasteiger partial charge in [-0.05, 0) is 31.2 Å². The molecule has 0 atom stereocenters. The number of nitrogens with one attached hydrogen (secondary N) is 1. The number of fused-ring (bicyclic) bond motifs is 1. The van der Waals surface area contributed by atoms with E-state index in [0.29, 0.717) is 5.25 Å². The van der Waals surface area contributed by atoms with Gasteiger partial charge in [-0.25, -0.2) is 0 Å². The molecule has 0 fully saturated rings. The monoisotopic (exact) mass is 205 g/mol. The Morgan fingerprint density at radius 2 is 2.00 bits per heavy atom. The summed E-state index contributed by atoms with van der Waals surface area (Å²) < 4.78 is 0. The number of aryl methyl sites for hydroxylation is 1. The lowest BCUT2D eigenvalue weighted by atomic mass is 10.2. The van der Waals surface area contributed by atoms with Gasteiger partial charge in [0.1, 0.15) is 0 Å². The molecule has 0 radical (unpaired) electrons. The average molecular weight is 205 g/mol. The van der Waals surface area contributed by atoms with Crippen LogP contribution in [0, 0.1) is 6.92 Å². The van der Waals surface area contributed by atoms with Crippen LogP contribution in [0.5, 0.6) is 0 Å². The van der Waals surface area contributed by atoms with Gasteiger partial charge in [0, 0.05) is 26.7 Å². The fourth-order valence-electron chi connectivity index (χ4n) is 1.60. The van der Waals surface area contributed by atoms with E-state index < -0.39 is 0 Å². The van der Waals surface area contributed by atoms with E-state index in [1.54, 1.807) is 0 Å². The molecule has 0 bridgehead atoms. The summed E-state index contributed by atoms with van der Waals surface area (Å²) in [4.78, 5) is 4.68. The highest BCUT2D eigenvalue weighted by atomic mass is 32.2. The SMILES string of the molecule is Cc1cc2cc(SC(C)C)ccc2[nH]1. The van der Waals surface area contributed by atoms with Crippen LogP contribution in [0.1, 0.15) is 19.5 Å². The summed E-state index contributed by atoms with van der Waals surface area (Å²) in [6.07, 6.45) is 0. The van der Waals surface area contributed by atoms with E-state index in [9.17, 15) is 0 Å².